The molecule has 0 amide bonds. The number of halogens is 1. The smallest absolute Gasteiger partial charge is 0.260 e. The van der Waals surface area contributed by atoms with Gasteiger partial charge in [-0.2, -0.15) is 4.39 Å². The predicted molar refractivity (Wildman–Crippen MR) is 149 cm³/mol. The fraction of sp³-hybridized carbons (Fsp3) is 0.321. The second kappa shape index (κ2) is 9.82. The number of nitrogens with one attached hydrogen (secondary N) is 1. The molecule has 1 aliphatic heterocycles. The van der Waals surface area contributed by atoms with E-state index in [1.54, 1.807) is 43.3 Å². The first kappa shape index (κ1) is 24.7. The van der Waals surface area contributed by atoms with E-state index in [1.165, 1.54) is 0 Å². The summed E-state index contributed by atoms with van der Waals surface area (Å²) in [5.74, 6) is -0.0889. The minimum Gasteiger partial charge on any atom is -0.383 e. The monoisotopic (exact) mass is 501 g/mol. The van der Waals surface area contributed by atoms with Crippen LogP contribution in [0.1, 0.15) is 13.8 Å². The number of rotatable bonds is 5. The highest BCUT2D eigenvalue weighted by molar-refractivity contribution is 5.88. The zero-order valence-corrected chi connectivity index (χ0v) is 21.6. The highest BCUT2D eigenvalue weighted by Crippen LogP contribution is 2.33. The Morgan fingerprint density at radius 1 is 0.946 bits per heavy atom. The average molecular weight is 502 g/mol. The Labute approximate surface area is 215 Å². The van der Waals surface area contributed by atoms with Gasteiger partial charge in [0.1, 0.15) is 5.82 Å². The van der Waals surface area contributed by atoms with Gasteiger partial charge in [0.2, 0.25) is 11.9 Å². The van der Waals surface area contributed by atoms with Crippen molar-refractivity contribution in [3.8, 4) is 22.3 Å². The van der Waals surface area contributed by atoms with Crippen LogP contribution in [0.4, 0.5) is 21.8 Å². The van der Waals surface area contributed by atoms with Crippen molar-refractivity contribution in [2.75, 3.05) is 55.8 Å². The molecule has 0 bridgehead atoms. The van der Waals surface area contributed by atoms with Crippen LogP contribution < -0.4 is 21.1 Å². The first-order valence-electron chi connectivity index (χ1n) is 12.5. The van der Waals surface area contributed by atoms with Crippen LogP contribution >= 0.6 is 0 Å². The molecule has 4 aromatic rings. The van der Waals surface area contributed by atoms with Gasteiger partial charge in [0.25, 0.3) is 5.56 Å². The highest BCUT2D eigenvalue weighted by atomic mass is 19.1. The van der Waals surface area contributed by atoms with Gasteiger partial charge in [0, 0.05) is 63.1 Å². The molecule has 5 rings (SSSR count). The van der Waals surface area contributed by atoms with Gasteiger partial charge in [-0.1, -0.05) is 18.2 Å². The van der Waals surface area contributed by atoms with Crippen LogP contribution in [0.2, 0.25) is 0 Å². The molecule has 0 unspecified atom stereocenters. The lowest BCUT2D eigenvalue weighted by molar-refractivity contribution is 0.209. The van der Waals surface area contributed by atoms with E-state index in [4.69, 9.17) is 5.73 Å². The number of aromatic amines is 1. The van der Waals surface area contributed by atoms with E-state index in [2.05, 4.69) is 38.6 Å². The van der Waals surface area contributed by atoms with Crippen molar-refractivity contribution in [1.82, 2.24) is 19.9 Å². The van der Waals surface area contributed by atoms with Crippen LogP contribution in [0.25, 0.3) is 33.2 Å². The SMILES string of the molecule is CC(C)N1CCN(c2ccc(-c3cc(-c4ccc5c(=O)[nH]c(N(C)C)nc5c4)c(N)nc3F)cc2)CC1. The molecule has 1 fully saturated rings. The topological polar surface area (TPSA) is 94.4 Å². The summed E-state index contributed by atoms with van der Waals surface area (Å²) in [6.45, 7) is 8.44. The highest BCUT2D eigenvalue weighted by Gasteiger charge is 2.20. The first-order chi connectivity index (χ1) is 17.7. The molecule has 0 radical (unpaired) electrons. The number of pyridine rings is 1. The van der Waals surface area contributed by atoms with E-state index in [1.807, 2.05) is 24.3 Å². The van der Waals surface area contributed by atoms with Crippen molar-refractivity contribution in [1.29, 1.82) is 0 Å². The van der Waals surface area contributed by atoms with Crippen LogP contribution in [-0.4, -0.2) is 66.2 Å². The molecule has 3 heterocycles. The second-order valence-corrected chi connectivity index (χ2v) is 9.94. The normalized spacial score (nSPS) is 14.5. The third-order valence-corrected chi connectivity index (χ3v) is 7.02. The van der Waals surface area contributed by atoms with E-state index in [0.717, 1.165) is 37.4 Å². The number of piperazine rings is 1. The summed E-state index contributed by atoms with van der Waals surface area (Å²) >= 11 is 0. The van der Waals surface area contributed by atoms with Crippen LogP contribution in [0.15, 0.2) is 53.3 Å². The molecule has 8 nitrogen and oxygen atoms in total. The fourth-order valence-electron chi connectivity index (χ4n) is 4.79. The van der Waals surface area contributed by atoms with Crippen LogP contribution in [0.5, 0.6) is 0 Å². The molecular weight excluding hydrogens is 469 g/mol. The standard InChI is InChI=1S/C28H32FN7O/c1-17(2)35-11-13-36(14-12-35)20-8-5-18(6-9-20)22-16-23(26(30)32-25(22)29)19-7-10-21-24(15-19)31-28(34(3)4)33-27(21)37/h5-10,15-17H,11-14H2,1-4H3,(H2,30,32)(H,31,33,37). The summed E-state index contributed by atoms with van der Waals surface area (Å²) in [6, 6.07) is 15.5. The van der Waals surface area contributed by atoms with Gasteiger partial charge < -0.3 is 15.5 Å². The number of nitrogens with zero attached hydrogens (tertiary/aromatic N) is 5. The minimum atomic E-state index is -0.621. The molecule has 3 N–H and O–H groups in total. The van der Waals surface area contributed by atoms with Crippen LogP contribution in [0.3, 0.4) is 0 Å². The van der Waals surface area contributed by atoms with Gasteiger partial charge >= 0.3 is 0 Å². The number of H-pyrrole nitrogens is 1. The van der Waals surface area contributed by atoms with Gasteiger partial charge in [-0.15, -0.1) is 0 Å². The maximum absolute atomic E-state index is 15.0. The summed E-state index contributed by atoms with van der Waals surface area (Å²) in [7, 11) is 3.61. The quantitative estimate of drug-likeness (QED) is 0.400. The number of anilines is 3. The number of benzene rings is 2. The van der Waals surface area contributed by atoms with Gasteiger partial charge in [-0.05, 0) is 55.3 Å². The third-order valence-electron chi connectivity index (χ3n) is 7.02. The largest absolute Gasteiger partial charge is 0.383 e. The summed E-state index contributed by atoms with van der Waals surface area (Å²) in [5.41, 5.74) is 9.96. The lowest BCUT2D eigenvalue weighted by atomic mass is 9.99. The Kier molecular flexibility index (Phi) is 6.55. The molecule has 2 aromatic heterocycles. The lowest BCUT2D eigenvalue weighted by Gasteiger charge is -2.38. The fourth-order valence-corrected chi connectivity index (χ4v) is 4.79. The van der Waals surface area contributed by atoms with Crippen molar-refractivity contribution in [2.45, 2.75) is 19.9 Å². The van der Waals surface area contributed by atoms with Crippen molar-refractivity contribution < 1.29 is 4.39 Å². The Morgan fingerprint density at radius 2 is 1.62 bits per heavy atom. The molecule has 9 heteroatoms. The number of nitrogen functional groups attached to an aromatic ring is 1. The summed E-state index contributed by atoms with van der Waals surface area (Å²) in [5, 5.41) is 0.466. The number of fused-ring (bicyclic) bond motifs is 1. The number of hydrogen-bond acceptors (Lipinski definition) is 7. The zero-order chi connectivity index (χ0) is 26.3. The molecule has 0 spiro atoms. The van der Waals surface area contributed by atoms with Gasteiger partial charge in [-0.3, -0.25) is 14.7 Å². The van der Waals surface area contributed by atoms with Crippen molar-refractivity contribution in [3.63, 3.8) is 0 Å². The molecule has 0 saturated carbocycles. The predicted octanol–water partition coefficient (Wildman–Crippen LogP) is 3.97. The van der Waals surface area contributed by atoms with Crippen LogP contribution in [-0.2, 0) is 0 Å². The van der Waals surface area contributed by atoms with Crippen molar-refractivity contribution in [2.24, 2.45) is 0 Å². The Morgan fingerprint density at radius 3 is 2.27 bits per heavy atom. The Balaban J connectivity index is 1.47. The van der Waals surface area contributed by atoms with Crippen molar-refractivity contribution >= 4 is 28.4 Å². The van der Waals surface area contributed by atoms with E-state index < -0.39 is 5.95 Å². The van der Waals surface area contributed by atoms with E-state index in [9.17, 15) is 9.18 Å². The number of hydrogen-bond donors (Lipinski definition) is 2. The molecule has 192 valence electrons. The third kappa shape index (κ3) is 4.86. The minimum absolute atomic E-state index is 0.0814. The van der Waals surface area contributed by atoms with Crippen molar-refractivity contribution in [3.05, 3.63) is 64.8 Å². The maximum Gasteiger partial charge on any atom is 0.260 e. The molecule has 0 atom stereocenters. The lowest BCUT2D eigenvalue weighted by Crippen LogP contribution is -2.48. The number of aromatic nitrogens is 3. The van der Waals surface area contributed by atoms with E-state index >= 15 is 0 Å². The maximum atomic E-state index is 15.0. The zero-order valence-electron chi connectivity index (χ0n) is 21.6. The molecular formula is C28H32FN7O. The average Bonchev–Trinajstić information content (AvgIpc) is 2.88. The molecule has 2 aromatic carbocycles. The molecule has 0 aliphatic carbocycles. The second-order valence-electron chi connectivity index (χ2n) is 9.94. The van der Waals surface area contributed by atoms with E-state index in [0.29, 0.717) is 39.6 Å². The van der Waals surface area contributed by atoms with Crippen LogP contribution in [0, 0.1) is 5.95 Å². The summed E-state index contributed by atoms with van der Waals surface area (Å²) in [6.07, 6.45) is 0. The molecule has 37 heavy (non-hydrogen) atoms. The Hall–Kier alpha value is -3.98. The summed E-state index contributed by atoms with van der Waals surface area (Å²) in [4.78, 5) is 30.3. The van der Waals surface area contributed by atoms with Gasteiger partial charge in [-0.25, -0.2) is 9.97 Å². The number of nitrogens with two attached hydrogens (primary N) is 1. The summed E-state index contributed by atoms with van der Waals surface area (Å²) < 4.78 is 15.0. The molecule has 1 aliphatic rings. The molecule has 1 saturated heterocycles. The van der Waals surface area contributed by atoms with Gasteiger partial charge in [0.05, 0.1) is 10.9 Å². The van der Waals surface area contributed by atoms with Gasteiger partial charge in [0.15, 0.2) is 0 Å². The Bertz CT molecular complexity index is 1490. The first-order valence-corrected chi connectivity index (χ1v) is 12.5. The van der Waals surface area contributed by atoms with E-state index in [-0.39, 0.29) is 11.4 Å².